The summed E-state index contributed by atoms with van der Waals surface area (Å²) in [6, 6.07) is 56.4. The zero-order chi connectivity index (χ0) is 34.2. The van der Waals surface area contributed by atoms with Gasteiger partial charge in [0, 0.05) is 56.5 Å². The first-order chi connectivity index (χ1) is 25.8. The van der Waals surface area contributed by atoms with Crippen molar-refractivity contribution < 1.29 is 9.47 Å². The molecule has 1 atom stereocenters. The quantitative estimate of drug-likeness (QED) is 0.204. The Morgan fingerprint density at radius 1 is 0.481 bits per heavy atom. The summed E-state index contributed by atoms with van der Waals surface area (Å²) >= 11 is 0. The van der Waals surface area contributed by atoms with Gasteiger partial charge in [0.05, 0.1) is 16.4 Å². The maximum absolute atomic E-state index is 6.86. The van der Waals surface area contributed by atoms with Gasteiger partial charge in [-0.15, -0.1) is 0 Å². The van der Waals surface area contributed by atoms with Gasteiger partial charge >= 0.3 is 0 Å². The van der Waals surface area contributed by atoms with Crippen molar-refractivity contribution in [3.05, 3.63) is 204 Å². The summed E-state index contributed by atoms with van der Waals surface area (Å²) in [5.41, 5.74) is 11.7. The topological polar surface area (TPSA) is 35.4 Å². The lowest BCUT2D eigenvalue weighted by molar-refractivity contribution is 0.399. The zero-order valence-corrected chi connectivity index (χ0v) is 28.2. The van der Waals surface area contributed by atoms with E-state index in [1.807, 2.05) is 0 Å². The first-order valence-corrected chi connectivity index (χ1v) is 17.8. The number of nitrogens with one attached hydrogen (secondary N) is 1. The van der Waals surface area contributed by atoms with Gasteiger partial charge in [-0.05, 0) is 71.8 Å². The van der Waals surface area contributed by atoms with Crippen LogP contribution < -0.4 is 14.8 Å². The normalized spacial score (nSPS) is 16.6. The van der Waals surface area contributed by atoms with Crippen molar-refractivity contribution >= 4 is 27.5 Å². The molecule has 8 aromatic rings. The van der Waals surface area contributed by atoms with Gasteiger partial charge in [-0.3, -0.25) is 0 Å². The first kappa shape index (κ1) is 29.0. The van der Waals surface area contributed by atoms with E-state index >= 15 is 0 Å². The molecule has 0 radical (unpaired) electrons. The van der Waals surface area contributed by atoms with Crippen LogP contribution in [0.1, 0.15) is 27.8 Å². The third-order valence-corrected chi connectivity index (χ3v) is 10.9. The van der Waals surface area contributed by atoms with E-state index in [9.17, 15) is 0 Å². The standard InChI is InChI=1S/C48H32N2O2/c1-2-12-34(13-3-1)50-42-18-7-4-14-35(42)36-28-31(23-26-43(36)50)32-21-24-39-46(29-32)51-44-19-8-5-15-37(44)48(39)38-16-6-9-20-45(38)52-47-30-33(22-25-40(47)48)41-17-10-11-27-49-41/h1-26,28-30,49H,27H2. The fourth-order valence-corrected chi connectivity index (χ4v) is 8.68. The second-order valence-corrected chi connectivity index (χ2v) is 13.7. The molecule has 7 aromatic carbocycles. The Kier molecular flexibility index (Phi) is 6.20. The molecule has 3 aliphatic heterocycles. The van der Waals surface area contributed by atoms with Gasteiger partial charge in [0.2, 0.25) is 0 Å². The van der Waals surface area contributed by atoms with Crippen LogP contribution in [0, 0.1) is 0 Å². The molecule has 4 nitrogen and oxygen atoms in total. The number of hydrogen-bond acceptors (Lipinski definition) is 3. The van der Waals surface area contributed by atoms with Gasteiger partial charge in [0.15, 0.2) is 0 Å². The molecule has 0 fully saturated rings. The molecular weight excluding hydrogens is 637 g/mol. The number of para-hydroxylation sites is 4. The van der Waals surface area contributed by atoms with Crippen LogP contribution in [0.15, 0.2) is 176 Å². The van der Waals surface area contributed by atoms with Gasteiger partial charge in [-0.1, -0.05) is 115 Å². The Labute approximate surface area is 301 Å². The van der Waals surface area contributed by atoms with Crippen LogP contribution in [-0.4, -0.2) is 11.1 Å². The molecule has 1 N–H and O–H groups in total. The van der Waals surface area contributed by atoms with Crippen LogP contribution in [0.3, 0.4) is 0 Å². The number of allylic oxidation sites excluding steroid dienone is 2. The summed E-state index contributed by atoms with van der Waals surface area (Å²) in [7, 11) is 0. The number of rotatable bonds is 3. The minimum Gasteiger partial charge on any atom is -0.457 e. The summed E-state index contributed by atoms with van der Waals surface area (Å²) in [5.74, 6) is 3.39. The highest BCUT2D eigenvalue weighted by Gasteiger charge is 2.50. The Morgan fingerprint density at radius 2 is 1.06 bits per heavy atom. The predicted molar refractivity (Wildman–Crippen MR) is 210 cm³/mol. The lowest BCUT2D eigenvalue weighted by Crippen LogP contribution is -2.36. The first-order valence-electron chi connectivity index (χ1n) is 17.8. The summed E-state index contributed by atoms with van der Waals surface area (Å²) in [5, 5.41) is 5.97. The van der Waals surface area contributed by atoms with Crippen LogP contribution in [0.4, 0.5) is 0 Å². The van der Waals surface area contributed by atoms with E-state index in [1.165, 1.54) is 21.8 Å². The van der Waals surface area contributed by atoms with Crippen molar-refractivity contribution in [1.29, 1.82) is 0 Å². The smallest absolute Gasteiger partial charge is 0.132 e. The molecule has 52 heavy (non-hydrogen) atoms. The number of dihydropyridines is 1. The number of benzene rings is 7. The molecule has 246 valence electrons. The van der Waals surface area contributed by atoms with E-state index in [2.05, 4.69) is 186 Å². The summed E-state index contributed by atoms with van der Waals surface area (Å²) in [6.07, 6.45) is 6.34. The van der Waals surface area contributed by atoms with Crippen LogP contribution in [0.5, 0.6) is 23.0 Å². The average Bonchev–Trinajstić information content (AvgIpc) is 3.55. The largest absolute Gasteiger partial charge is 0.457 e. The lowest BCUT2D eigenvalue weighted by Gasteiger charge is -2.45. The molecule has 0 saturated carbocycles. The Bertz CT molecular complexity index is 2800. The highest BCUT2D eigenvalue weighted by Crippen LogP contribution is 2.61. The Balaban J connectivity index is 1.12. The van der Waals surface area contributed by atoms with Gasteiger partial charge in [0.25, 0.3) is 0 Å². The van der Waals surface area contributed by atoms with Crippen molar-refractivity contribution in [2.45, 2.75) is 5.41 Å². The Morgan fingerprint density at radius 3 is 1.79 bits per heavy atom. The molecular formula is C48H32N2O2. The highest BCUT2D eigenvalue weighted by molar-refractivity contribution is 6.10. The van der Waals surface area contributed by atoms with Crippen molar-refractivity contribution in [3.8, 4) is 39.8 Å². The lowest BCUT2D eigenvalue weighted by atomic mass is 9.62. The molecule has 0 bridgehead atoms. The maximum Gasteiger partial charge on any atom is 0.132 e. The number of hydrogen-bond donors (Lipinski definition) is 1. The van der Waals surface area contributed by atoms with Crippen LogP contribution >= 0.6 is 0 Å². The number of ether oxygens (including phenoxy) is 2. The van der Waals surface area contributed by atoms with Crippen molar-refractivity contribution in [2.75, 3.05) is 6.54 Å². The summed E-state index contributed by atoms with van der Waals surface area (Å²) < 4.78 is 16.0. The van der Waals surface area contributed by atoms with Crippen LogP contribution in [-0.2, 0) is 5.41 Å². The van der Waals surface area contributed by atoms with E-state index in [1.54, 1.807) is 0 Å². The third kappa shape index (κ3) is 4.09. The second kappa shape index (κ2) is 11.1. The Hall–Kier alpha value is -6.78. The van der Waals surface area contributed by atoms with Crippen molar-refractivity contribution in [1.82, 2.24) is 9.88 Å². The SMILES string of the molecule is C1=CCNC(c2ccc3c(c2)Oc2ccccc2C32c3ccccc3Oc3cc(-c4ccc5c(c4)c4ccccc4n5-c4ccccc4)ccc32)=C1. The van der Waals surface area contributed by atoms with E-state index in [0.717, 1.165) is 79.9 Å². The second-order valence-electron chi connectivity index (χ2n) is 13.7. The molecule has 4 heterocycles. The fourth-order valence-electron chi connectivity index (χ4n) is 8.68. The van der Waals surface area contributed by atoms with E-state index in [-0.39, 0.29) is 0 Å². The number of fused-ring (bicyclic) bond motifs is 11. The molecule has 0 amide bonds. The minimum absolute atomic E-state index is 0.646. The van der Waals surface area contributed by atoms with Crippen molar-refractivity contribution in [2.24, 2.45) is 0 Å². The molecule has 1 unspecified atom stereocenters. The van der Waals surface area contributed by atoms with Gasteiger partial charge < -0.3 is 19.4 Å². The number of aromatic nitrogens is 1. The maximum atomic E-state index is 6.86. The molecule has 1 spiro atoms. The van der Waals surface area contributed by atoms with E-state index in [4.69, 9.17) is 9.47 Å². The van der Waals surface area contributed by atoms with Gasteiger partial charge in [-0.25, -0.2) is 0 Å². The molecule has 11 rings (SSSR count). The molecule has 3 aliphatic rings. The fraction of sp³-hybridized carbons (Fsp3) is 0.0417. The van der Waals surface area contributed by atoms with Crippen LogP contribution in [0.2, 0.25) is 0 Å². The van der Waals surface area contributed by atoms with E-state index in [0.29, 0.717) is 0 Å². The molecule has 0 aliphatic carbocycles. The zero-order valence-electron chi connectivity index (χ0n) is 28.2. The minimum atomic E-state index is -0.646. The monoisotopic (exact) mass is 668 g/mol. The third-order valence-electron chi connectivity index (χ3n) is 10.9. The van der Waals surface area contributed by atoms with Crippen LogP contribution in [0.25, 0.3) is 44.3 Å². The molecule has 4 heteroatoms. The van der Waals surface area contributed by atoms with Gasteiger partial charge in [-0.2, -0.15) is 0 Å². The van der Waals surface area contributed by atoms with E-state index < -0.39 is 5.41 Å². The summed E-state index contributed by atoms with van der Waals surface area (Å²) in [4.78, 5) is 0. The highest BCUT2D eigenvalue weighted by atomic mass is 16.5. The van der Waals surface area contributed by atoms with Crippen molar-refractivity contribution in [3.63, 3.8) is 0 Å². The molecule has 1 aromatic heterocycles. The predicted octanol–water partition coefficient (Wildman–Crippen LogP) is 11.5. The average molecular weight is 669 g/mol. The van der Waals surface area contributed by atoms with Gasteiger partial charge in [0.1, 0.15) is 23.0 Å². The number of nitrogens with zero attached hydrogens (tertiary/aromatic N) is 1. The summed E-state index contributed by atoms with van der Waals surface area (Å²) in [6.45, 7) is 0.805. The molecule has 0 saturated heterocycles.